The zero-order valence-corrected chi connectivity index (χ0v) is 11.4. The predicted octanol–water partition coefficient (Wildman–Crippen LogP) is 2.28. The maximum absolute atomic E-state index is 5.97. The van der Waals surface area contributed by atoms with Crippen molar-refractivity contribution in [3.63, 3.8) is 0 Å². The lowest BCUT2D eigenvalue weighted by Gasteiger charge is -2.28. The van der Waals surface area contributed by atoms with Crippen molar-refractivity contribution in [2.45, 2.75) is 19.5 Å². The van der Waals surface area contributed by atoms with Gasteiger partial charge in [-0.1, -0.05) is 30.3 Å². The molecular weight excluding hydrogens is 256 g/mol. The number of nitrogens with two attached hydrogens (primary N) is 1. The highest BCUT2D eigenvalue weighted by molar-refractivity contribution is 7.71. The van der Waals surface area contributed by atoms with Crippen LogP contribution in [0, 0.1) is 4.77 Å². The lowest BCUT2D eigenvalue weighted by atomic mass is 10.1. The summed E-state index contributed by atoms with van der Waals surface area (Å²) in [5.74, 6) is 0.566. The zero-order chi connectivity index (χ0) is 13.2. The third-order valence-corrected chi connectivity index (χ3v) is 3.66. The van der Waals surface area contributed by atoms with Gasteiger partial charge in [0.25, 0.3) is 0 Å². The van der Waals surface area contributed by atoms with Crippen LogP contribution in [0.4, 0.5) is 5.82 Å². The Morgan fingerprint density at radius 1 is 1.32 bits per heavy atom. The van der Waals surface area contributed by atoms with Crippen LogP contribution >= 0.6 is 12.2 Å². The molecule has 2 heterocycles. The van der Waals surface area contributed by atoms with Crippen LogP contribution in [0.3, 0.4) is 0 Å². The Bertz CT molecular complexity index is 636. The van der Waals surface area contributed by atoms with E-state index < -0.39 is 0 Å². The van der Waals surface area contributed by atoms with Gasteiger partial charge in [0.05, 0.1) is 0 Å². The van der Waals surface area contributed by atoms with Gasteiger partial charge in [-0.05, 0) is 17.8 Å². The van der Waals surface area contributed by atoms with Gasteiger partial charge < -0.3 is 10.7 Å². The van der Waals surface area contributed by atoms with E-state index in [1.165, 1.54) is 5.56 Å². The van der Waals surface area contributed by atoms with E-state index in [1.54, 1.807) is 0 Å². The molecule has 0 aliphatic carbocycles. The number of aromatic amines is 1. The number of benzene rings is 1. The molecule has 1 aromatic heterocycles. The van der Waals surface area contributed by atoms with Crippen LogP contribution < -0.4 is 5.73 Å². The molecule has 0 fully saturated rings. The molecule has 3 N–H and O–H groups in total. The Labute approximate surface area is 117 Å². The van der Waals surface area contributed by atoms with Gasteiger partial charge in [0.1, 0.15) is 5.82 Å². The fourth-order valence-corrected chi connectivity index (χ4v) is 2.72. The molecule has 0 atom stereocenters. The van der Waals surface area contributed by atoms with Gasteiger partial charge in [0.15, 0.2) is 4.77 Å². The summed E-state index contributed by atoms with van der Waals surface area (Å²) in [7, 11) is 0. The highest BCUT2D eigenvalue weighted by atomic mass is 32.1. The van der Waals surface area contributed by atoms with Crippen molar-refractivity contribution in [3.05, 3.63) is 51.9 Å². The van der Waals surface area contributed by atoms with E-state index in [2.05, 4.69) is 39.1 Å². The second kappa shape index (κ2) is 5.11. The SMILES string of the molecule is Nc1nc(=S)[nH]c2c1CN(Cc1ccccc1)CC2. The summed E-state index contributed by atoms with van der Waals surface area (Å²) in [4.78, 5) is 9.67. The van der Waals surface area contributed by atoms with Crippen molar-refractivity contribution >= 4 is 18.0 Å². The molecule has 4 nitrogen and oxygen atoms in total. The van der Waals surface area contributed by atoms with E-state index in [9.17, 15) is 0 Å². The fraction of sp³-hybridized carbons (Fsp3) is 0.286. The molecule has 0 amide bonds. The number of rotatable bonds is 2. The summed E-state index contributed by atoms with van der Waals surface area (Å²) < 4.78 is 0.479. The number of nitrogen functional groups attached to an aromatic ring is 1. The molecule has 0 radical (unpaired) electrons. The topological polar surface area (TPSA) is 57.9 Å². The number of aromatic nitrogens is 2. The van der Waals surface area contributed by atoms with Crippen LogP contribution in [-0.4, -0.2) is 21.4 Å². The Balaban J connectivity index is 1.81. The summed E-state index contributed by atoms with van der Waals surface area (Å²) in [5.41, 5.74) is 9.53. The van der Waals surface area contributed by atoms with Crippen LogP contribution in [0.15, 0.2) is 30.3 Å². The second-order valence-electron chi connectivity index (χ2n) is 4.83. The highest BCUT2D eigenvalue weighted by Gasteiger charge is 2.19. The molecule has 1 aliphatic heterocycles. The average molecular weight is 272 g/mol. The first kappa shape index (κ1) is 12.3. The quantitative estimate of drug-likeness (QED) is 0.824. The Morgan fingerprint density at radius 3 is 2.89 bits per heavy atom. The van der Waals surface area contributed by atoms with Gasteiger partial charge in [-0.3, -0.25) is 4.90 Å². The summed E-state index contributed by atoms with van der Waals surface area (Å²) >= 11 is 5.06. The minimum Gasteiger partial charge on any atom is -0.383 e. The van der Waals surface area contributed by atoms with Crippen molar-refractivity contribution < 1.29 is 0 Å². The van der Waals surface area contributed by atoms with Gasteiger partial charge >= 0.3 is 0 Å². The molecule has 98 valence electrons. The third kappa shape index (κ3) is 2.67. The van der Waals surface area contributed by atoms with Crippen LogP contribution in [0.5, 0.6) is 0 Å². The molecule has 0 unspecified atom stereocenters. The number of nitrogens with zero attached hydrogens (tertiary/aromatic N) is 2. The second-order valence-corrected chi connectivity index (χ2v) is 5.22. The summed E-state index contributed by atoms with van der Waals surface area (Å²) in [6, 6.07) is 10.5. The van der Waals surface area contributed by atoms with Crippen molar-refractivity contribution in [1.82, 2.24) is 14.9 Å². The van der Waals surface area contributed by atoms with Crippen molar-refractivity contribution in [3.8, 4) is 0 Å². The number of hydrogen-bond donors (Lipinski definition) is 2. The first-order valence-corrected chi connectivity index (χ1v) is 6.77. The van der Waals surface area contributed by atoms with Crippen molar-refractivity contribution in [2.75, 3.05) is 12.3 Å². The van der Waals surface area contributed by atoms with Gasteiger partial charge in [0.2, 0.25) is 0 Å². The van der Waals surface area contributed by atoms with E-state index in [0.717, 1.165) is 37.3 Å². The smallest absolute Gasteiger partial charge is 0.198 e. The van der Waals surface area contributed by atoms with Crippen molar-refractivity contribution in [2.24, 2.45) is 0 Å². The first-order valence-electron chi connectivity index (χ1n) is 6.36. The van der Waals surface area contributed by atoms with Crippen LogP contribution in [-0.2, 0) is 19.5 Å². The minimum absolute atomic E-state index is 0.479. The van der Waals surface area contributed by atoms with Gasteiger partial charge in [0, 0.05) is 37.3 Å². The number of anilines is 1. The van der Waals surface area contributed by atoms with E-state index in [4.69, 9.17) is 18.0 Å². The molecule has 2 aromatic rings. The van der Waals surface area contributed by atoms with Gasteiger partial charge in [-0.25, -0.2) is 4.98 Å². The lowest BCUT2D eigenvalue weighted by Crippen LogP contribution is -2.31. The summed E-state index contributed by atoms with van der Waals surface area (Å²) in [6.07, 6.45) is 0.943. The normalized spacial score (nSPS) is 15.2. The van der Waals surface area contributed by atoms with Gasteiger partial charge in [-0.15, -0.1) is 0 Å². The molecule has 0 saturated carbocycles. The van der Waals surface area contributed by atoms with E-state index >= 15 is 0 Å². The van der Waals surface area contributed by atoms with E-state index in [-0.39, 0.29) is 0 Å². The zero-order valence-electron chi connectivity index (χ0n) is 10.6. The maximum Gasteiger partial charge on any atom is 0.198 e. The Morgan fingerprint density at radius 2 is 2.11 bits per heavy atom. The van der Waals surface area contributed by atoms with Crippen LogP contribution in [0.2, 0.25) is 0 Å². The van der Waals surface area contributed by atoms with E-state index in [1.807, 2.05) is 6.07 Å². The summed E-state index contributed by atoms with van der Waals surface area (Å²) in [5, 5.41) is 0. The largest absolute Gasteiger partial charge is 0.383 e. The Hall–Kier alpha value is -1.72. The fourth-order valence-electron chi connectivity index (χ4n) is 2.50. The standard InChI is InChI=1S/C14H16N4S/c15-13-11-9-18(8-10-4-2-1-3-5-10)7-6-12(11)16-14(19)17-13/h1-5H,6-9H2,(H3,15,16,17,19). The van der Waals surface area contributed by atoms with E-state index in [0.29, 0.717) is 10.6 Å². The van der Waals surface area contributed by atoms with Gasteiger partial charge in [-0.2, -0.15) is 0 Å². The number of H-pyrrole nitrogens is 1. The van der Waals surface area contributed by atoms with Crippen molar-refractivity contribution in [1.29, 1.82) is 0 Å². The molecule has 19 heavy (non-hydrogen) atoms. The molecule has 5 heteroatoms. The van der Waals surface area contributed by atoms with Crippen LogP contribution in [0.1, 0.15) is 16.8 Å². The Kier molecular flexibility index (Phi) is 3.31. The van der Waals surface area contributed by atoms with Crippen LogP contribution in [0.25, 0.3) is 0 Å². The first-order chi connectivity index (χ1) is 9.22. The molecule has 0 spiro atoms. The molecule has 1 aromatic carbocycles. The number of hydrogen-bond acceptors (Lipinski definition) is 4. The predicted molar refractivity (Wildman–Crippen MR) is 78.1 cm³/mol. The highest BCUT2D eigenvalue weighted by Crippen LogP contribution is 2.22. The molecule has 0 saturated heterocycles. The third-order valence-electron chi connectivity index (χ3n) is 3.46. The number of fused-ring (bicyclic) bond motifs is 1. The molecule has 0 bridgehead atoms. The molecule has 3 rings (SSSR count). The minimum atomic E-state index is 0.479. The number of nitrogens with one attached hydrogen (secondary N) is 1. The summed E-state index contributed by atoms with van der Waals surface area (Å²) in [6.45, 7) is 2.78. The average Bonchev–Trinajstić information content (AvgIpc) is 2.40. The molecular formula is C14H16N4S. The maximum atomic E-state index is 5.97. The monoisotopic (exact) mass is 272 g/mol. The lowest BCUT2D eigenvalue weighted by molar-refractivity contribution is 0.243. The molecule has 1 aliphatic rings.